The van der Waals surface area contributed by atoms with Crippen molar-refractivity contribution in [3.05, 3.63) is 65.7 Å². The lowest BCUT2D eigenvalue weighted by molar-refractivity contribution is 0.103. The molecule has 2 rings (SSSR count). The number of anilines is 1. The average molecular weight is 342 g/mol. The van der Waals surface area contributed by atoms with E-state index in [9.17, 15) is 4.79 Å². The Morgan fingerprint density at radius 2 is 1.26 bits per heavy atom. The summed E-state index contributed by atoms with van der Waals surface area (Å²) in [6.45, 7) is 14.2. The first-order valence-corrected chi connectivity index (χ1v) is 15.0. The SMILES string of the molecule is C[Si](C)(C)N(c1cccc(C(=O)c2ccccc2)c1)[Si](C)(C)C. The maximum atomic E-state index is 12.7. The smallest absolute Gasteiger partial charge is 0.193 e. The maximum absolute atomic E-state index is 12.7. The van der Waals surface area contributed by atoms with Crippen molar-refractivity contribution in [2.75, 3.05) is 4.23 Å². The van der Waals surface area contributed by atoms with Crippen LogP contribution in [0.5, 0.6) is 0 Å². The van der Waals surface area contributed by atoms with Crippen molar-refractivity contribution in [1.29, 1.82) is 0 Å². The van der Waals surface area contributed by atoms with Crippen molar-refractivity contribution < 1.29 is 4.79 Å². The van der Waals surface area contributed by atoms with Gasteiger partial charge in [-0.1, -0.05) is 81.7 Å². The Hall–Kier alpha value is -1.66. The number of nitrogens with zero attached hydrogens (tertiary/aromatic N) is 1. The summed E-state index contributed by atoms with van der Waals surface area (Å²) in [5, 5.41) is 0. The molecule has 122 valence electrons. The Morgan fingerprint density at radius 3 is 1.78 bits per heavy atom. The molecule has 2 aromatic carbocycles. The van der Waals surface area contributed by atoms with E-state index in [1.807, 2.05) is 42.5 Å². The second kappa shape index (κ2) is 6.45. The molecule has 0 radical (unpaired) electrons. The molecule has 0 bridgehead atoms. The van der Waals surface area contributed by atoms with Crippen LogP contribution < -0.4 is 4.23 Å². The zero-order chi connectivity index (χ0) is 17.3. The van der Waals surface area contributed by atoms with E-state index in [1.54, 1.807) is 0 Å². The minimum absolute atomic E-state index is 0.0959. The van der Waals surface area contributed by atoms with Crippen molar-refractivity contribution in [1.82, 2.24) is 0 Å². The quantitative estimate of drug-likeness (QED) is 0.536. The zero-order valence-electron chi connectivity index (χ0n) is 15.1. The van der Waals surface area contributed by atoms with Gasteiger partial charge in [0.05, 0.1) is 0 Å². The van der Waals surface area contributed by atoms with Crippen molar-refractivity contribution in [2.24, 2.45) is 0 Å². The molecule has 0 unspecified atom stereocenters. The summed E-state index contributed by atoms with van der Waals surface area (Å²) < 4.78 is 2.64. The largest absolute Gasteiger partial charge is 0.425 e. The van der Waals surface area contributed by atoms with Gasteiger partial charge in [0, 0.05) is 16.8 Å². The third kappa shape index (κ3) is 4.21. The molecule has 0 aliphatic carbocycles. The summed E-state index contributed by atoms with van der Waals surface area (Å²) in [5.41, 5.74) is 2.72. The fraction of sp³-hybridized carbons (Fsp3) is 0.316. The summed E-state index contributed by atoms with van der Waals surface area (Å²) >= 11 is 0. The highest BCUT2D eigenvalue weighted by Crippen LogP contribution is 2.29. The first-order chi connectivity index (χ1) is 10.6. The predicted molar refractivity (Wildman–Crippen MR) is 105 cm³/mol. The van der Waals surface area contributed by atoms with Crippen LogP contribution in [-0.4, -0.2) is 22.3 Å². The van der Waals surface area contributed by atoms with Crippen LogP contribution in [-0.2, 0) is 0 Å². The van der Waals surface area contributed by atoms with Crippen LogP contribution >= 0.6 is 0 Å². The van der Waals surface area contributed by atoms with Crippen LogP contribution in [0.2, 0.25) is 39.3 Å². The number of benzene rings is 2. The minimum atomic E-state index is -1.52. The van der Waals surface area contributed by atoms with Gasteiger partial charge in [0.2, 0.25) is 0 Å². The average Bonchev–Trinajstić information content (AvgIpc) is 2.44. The molecule has 0 aliphatic rings. The molecule has 0 aromatic heterocycles. The van der Waals surface area contributed by atoms with Gasteiger partial charge in [-0.15, -0.1) is 0 Å². The second-order valence-electron chi connectivity index (χ2n) is 7.92. The van der Waals surface area contributed by atoms with Gasteiger partial charge in [-0.25, -0.2) is 0 Å². The Balaban J connectivity index is 2.45. The summed E-state index contributed by atoms with van der Waals surface area (Å²) in [6.07, 6.45) is 0. The molecule has 0 saturated heterocycles. The van der Waals surface area contributed by atoms with Gasteiger partial charge < -0.3 is 4.23 Å². The zero-order valence-corrected chi connectivity index (χ0v) is 17.1. The lowest BCUT2D eigenvalue weighted by Gasteiger charge is -2.46. The number of ketones is 1. The first kappa shape index (κ1) is 17.7. The Bertz CT molecular complexity index is 671. The van der Waals surface area contributed by atoms with Crippen molar-refractivity contribution >= 4 is 27.9 Å². The molecule has 0 spiro atoms. The molecular weight excluding hydrogens is 314 g/mol. The van der Waals surface area contributed by atoms with E-state index in [1.165, 1.54) is 5.69 Å². The van der Waals surface area contributed by atoms with Crippen LogP contribution in [0, 0.1) is 0 Å². The van der Waals surface area contributed by atoms with Crippen molar-refractivity contribution in [3.63, 3.8) is 0 Å². The molecule has 0 aliphatic heterocycles. The third-order valence-corrected chi connectivity index (χ3v) is 11.0. The third-order valence-electron chi connectivity index (χ3n) is 3.74. The maximum Gasteiger partial charge on any atom is 0.193 e. The van der Waals surface area contributed by atoms with E-state index in [2.05, 4.69) is 55.6 Å². The van der Waals surface area contributed by atoms with E-state index in [0.29, 0.717) is 0 Å². The first-order valence-electron chi connectivity index (χ1n) is 8.11. The van der Waals surface area contributed by atoms with Gasteiger partial charge >= 0.3 is 0 Å². The van der Waals surface area contributed by atoms with E-state index in [-0.39, 0.29) is 5.78 Å². The molecule has 0 saturated carbocycles. The van der Waals surface area contributed by atoms with Crippen LogP contribution in [0.3, 0.4) is 0 Å². The van der Waals surface area contributed by atoms with Crippen LogP contribution in [0.1, 0.15) is 15.9 Å². The molecule has 0 atom stereocenters. The normalized spacial score (nSPS) is 12.1. The Kier molecular flexibility index (Phi) is 4.96. The van der Waals surface area contributed by atoms with Crippen LogP contribution in [0.25, 0.3) is 0 Å². The summed E-state index contributed by atoms with van der Waals surface area (Å²) in [6, 6.07) is 17.7. The topological polar surface area (TPSA) is 20.3 Å². The monoisotopic (exact) mass is 341 g/mol. The van der Waals surface area contributed by atoms with Crippen LogP contribution in [0.4, 0.5) is 5.69 Å². The van der Waals surface area contributed by atoms with Gasteiger partial charge in [-0.3, -0.25) is 4.79 Å². The minimum Gasteiger partial charge on any atom is -0.425 e. The molecule has 0 fully saturated rings. The summed E-state index contributed by atoms with van der Waals surface area (Å²) in [4.78, 5) is 12.7. The number of hydrogen-bond acceptors (Lipinski definition) is 2. The Morgan fingerprint density at radius 1 is 0.739 bits per heavy atom. The molecule has 23 heavy (non-hydrogen) atoms. The number of carbonyl (C=O) groups excluding carboxylic acids is 1. The van der Waals surface area contributed by atoms with Gasteiger partial charge in [0.1, 0.15) is 16.5 Å². The van der Waals surface area contributed by atoms with Gasteiger partial charge in [-0.2, -0.15) is 0 Å². The molecule has 0 N–H and O–H groups in total. The lowest BCUT2D eigenvalue weighted by Crippen LogP contribution is -2.59. The highest BCUT2D eigenvalue weighted by atomic mass is 28.4. The molecule has 2 nitrogen and oxygen atoms in total. The fourth-order valence-corrected chi connectivity index (χ4v) is 13.2. The molecule has 0 heterocycles. The standard InChI is InChI=1S/C19H27NOSi2/c1-22(2,3)20(23(4,5)6)18-14-10-13-17(15-18)19(21)16-11-8-7-9-12-16/h7-15H,1-6H3. The van der Waals surface area contributed by atoms with Gasteiger partial charge in [0.25, 0.3) is 0 Å². The number of hydrogen-bond donors (Lipinski definition) is 0. The highest BCUT2D eigenvalue weighted by Gasteiger charge is 2.34. The lowest BCUT2D eigenvalue weighted by atomic mass is 10.0. The summed E-state index contributed by atoms with van der Waals surface area (Å²) in [7, 11) is -3.03. The second-order valence-corrected chi connectivity index (χ2v) is 17.9. The molecule has 0 amide bonds. The van der Waals surface area contributed by atoms with Gasteiger partial charge in [-0.05, 0) is 12.1 Å². The van der Waals surface area contributed by atoms with Gasteiger partial charge in [0.15, 0.2) is 5.78 Å². The Labute approximate surface area is 142 Å². The van der Waals surface area contributed by atoms with Crippen molar-refractivity contribution in [2.45, 2.75) is 39.3 Å². The van der Waals surface area contributed by atoms with Crippen molar-refractivity contribution in [3.8, 4) is 0 Å². The number of rotatable bonds is 5. The molecule has 2 aromatic rings. The molecule has 4 heteroatoms. The fourth-order valence-electron chi connectivity index (χ4n) is 3.32. The molecular formula is C19H27NOSi2. The number of carbonyl (C=O) groups is 1. The summed E-state index contributed by atoms with van der Waals surface area (Å²) in [5.74, 6) is 0.0959. The van der Waals surface area contributed by atoms with E-state index >= 15 is 0 Å². The van der Waals surface area contributed by atoms with E-state index in [0.717, 1.165) is 11.1 Å². The van der Waals surface area contributed by atoms with Crippen LogP contribution in [0.15, 0.2) is 54.6 Å². The van der Waals surface area contributed by atoms with E-state index < -0.39 is 16.5 Å². The van der Waals surface area contributed by atoms with E-state index in [4.69, 9.17) is 0 Å². The highest BCUT2D eigenvalue weighted by molar-refractivity contribution is 6.99. The predicted octanol–water partition coefficient (Wildman–Crippen LogP) is 5.39.